The highest BCUT2D eigenvalue weighted by Crippen LogP contribution is 2.29. The Morgan fingerprint density at radius 1 is 1.41 bits per heavy atom. The van der Waals surface area contributed by atoms with E-state index in [1.165, 1.54) is 23.4 Å². The standard InChI is InChI=1S/C16H25N3O2S/c1-11(20)12-6-8-19(9-7-12)10-15(21)18-16-17-13-4-2-3-5-14(13)22-16/h11-12,20H,2-10H2,1H3,(H,17,18,21). The Bertz CT molecular complexity index is 498. The third-order valence-electron chi connectivity index (χ3n) is 4.77. The minimum atomic E-state index is -0.238. The van der Waals surface area contributed by atoms with Crippen molar-refractivity contribution in [3.63, 3.8) is 0 Å². The average molecular weight is 323 g/mol. The Morgan fingerprint density at radius 3 is 2.82 bits per heavy atom. The smallest absolute Gasteiger partial charge is 0.240 e. The summed E-state index contributed by atoms with van der Waals surface area (Å²) >= 11 is 1.64. The van der Waals surface area contributed by atoms with Gasteiger partial charge in [-0.1, -0.05) is 0 Å². The van der Waals surface area contributed by atoms with Gasteiger partial charge in [-0.05, 0) is 64.5 Å². The van der Waals surface area contributed by atoms with Crippen LogP contribution >= 0.6 is 11.3 Å². The van der Waals surface area contributed by atoms with E-state index in [2.05, 4.69) is 15.2 Å². The highest BCUT2D eigenvalue weighted by molar-refractivity contribution is 7.15. The number of carbonyl (C=O) groups is 1. The van der Waals surface area contributed by atoms with Gasteiger partial charge in [-0.2, -0.15) is 0 Å². The van der Waals surface area contributed by atoms with Crippen LogP contribution < -0.4 is 5.32 Å². The van der Waals surface area contributed by atoms with Gasteiger partial charge < -0.3 is 10.4 Å². The topological polar surface area (TPSA) is 65.5 Å². The van der Waals surface area contributed by atoms with E-state index in [0.717, 1.165) is 43.9 Å². The number of aliphatic hydroxyl groups is 1. The van der Waals surface area contributed by atoms with Gasteiger partial charge in [0, 0.05) is 4.88 Å². The Hall–Kier alpha value is -0.980. The molecule has 1 aliphatic carbocycles. The number of amides is 1. The molecule has 2 N–H and O–H groups in total. The molecule has 0 aromatic carbocycles. The van der Waals surface area contributed by atoms with Gasteiger partial charge in [0.2, 0.25) is 5.91 Å². The minimum absolute atomic E-state index is 0.0293. The zero-order chi connectivity index (χ0) is 15.5. The summed E-state index contributed by atoms with van der Waals surface area (Å²) in [6.45, 7) is 4.06. The van der Waals surface area contributed by atoms with Crippen LogP contribution in [0.3, 0.4) is 0 Å². The van der Waals surface area contributed by atoms with Gasteiger partial charge in [0.25, 0.3) is 0 Å². The number of thiazole rings is 1. The van der Waals surface area contributed by atoms with Gasteiger partial charge >= 0.3 is 0 Å². The SMILES string of the molecule is CC(O)C1CCN(CC(=O)Nc2nc3c(s2)CCCC3)CC1. The largest absolute Gasteiger partial charge is 0.393 e. The summed E-state index contributed by atoms with van der Waals surface area (Å²) < 4.78 is 0. The molecule has 0 radical (unpaired) electrons. The van der Waals surface area contributed by atoms with Crippen LogP contribution in [0, 0.1) is 5.92 Å². The van der Waals surface area contributed by atoms with E-state index >= 15 is 0 Å². The zero-order valence-corrected chi connectivity index (χ0v) is 14.0. The number of likely N-dealkylation sites (tertiary alicyclic amines) is 1. The average Bonchev–Trinajstić information content (AvgIpc) is 2.89. The maximum Gasteiger partial charge on any atom is 0.240 e. The number of hydrogen-bond acceptors (Lipinski definition) is 5. The van der Waals surface area contributed by atoms with Crippen molar-refractivity contribution in [2.45, 2.75) is 51.6 Å². The van der Waals surface area contributed by atoms with Crippen molar-refractivity contribution in [1.29, 1.82) is 0 Å². The Labute approximate surface area is 135 Å². The number of carbonyl (C=O) groups excluding carboxylic acids is 1. The highest BCUT2D eigenvalue weighted by Gasteiger charge is 2.24. The molecule has 1 aromatic heterocycles. The first-order chi connectivity index (χ1) is 10.6. The van der Waals surface area contributed by atoms with Gasteiger partial charge in [0.1, 0.15) is 0 Å². The Morgan fingerprint density at radius 2 is 2.14 bits per heavy atom. The molecular formula is C16H25N3O2S. The van der Waals surface area contributed by atoms with Gasteiger partial charge in [-0.3, -0.25) is 9.69 Å². The van der Waals surface area contributed by atoms with Crippen LogP contribution in [0.5, 0.6) is 0 Å². The molecule has 1 aliphatic heterocycles. The lowest BCUT2D eigenvalue weighted by Gasteiger charge is -2.32. The molecule has 1 atom stereocenters. The summed E-state index contributed by atoms with van der Waals surface area (Å²) in [5, 5.41) is 13.3. The van der Waals surface area contributed by atoms with Crippen molar-refractivity contribution < 1.29 is 9.90 Å². The van der Waals surface area contributed by atoms with Gasteiger partial charge in [-0.15, -0.1) is 11.3 Å². The molecule has 122 valence electrons. The van der Waals surface area contributed by atoms with Crippen LogP contribution in [-0.4, -0.2) is 46.6 Å². The Balaban J connectivity index is 1.48. The zero-order valence-electron chi connectivity index (χ0n) is 13.2. The third-order valence-corrected chi connectivity index (χ3v) is 5.85. The lowest BCUT2D eigenvalue weighted by molar-refractivity contribution is -0.117. The molecule has 0 bridgehead atoms. The van der Waals surface area contributed by atoms with Gasteiger partial charge in [0.15, 0.2) is 5.13 Å². The van der Waals surface area contributed by atoms with Crippen LogP contribution in [0.1, 0.15) is 43.2 Å². The monoisotopic (exact) mass is 323 g/mol. The van der Waals surface area contributed by atoms with Gasteiger partial charge in [0.05, 0.1) is 18.3 Å². The molecule has 6 heteroatoms. The van der Waals surface area contributed by atoms with E-state index in [-0.39, 0.29) is 12.0 Å². The molecule has 1 unspecified atom stereocenters. The number of nitrogens with zero attached hydrogens (tertiary/aromatic N) is 2. The molecule has 1 saturated heterocycles. The number of aromatic nitrogens is 1. The lowest BCUT2D eigenvalue weighted by Crippen LogP contribution is -2.41. The van der Waals surface area contributed by atoms with Crippen LogP contribution in [0.15, 0.2) is 0 Å². The van der Waals surface area contributed by atoms with Crippen LogP contribution in [-0.2, 0) is 17.6 Å². The first kappa shape index (κ1) is 15.9. The number of aliphatic hydroxyl groups excluding tert-OH is 1. The molecule has 1 fully saturated rings. The van der Waals surface area contributed by atoms with Crippen LogP contribution in [0.2, 0.25) is 0 Å². The summed E-state index contributed by atoms with van der Waals surface area (Å²) in [6.07, 6.45) is 6.30. The Kier molecular flexibility index (Phi) is 5.10. The van der Waals surface area contributed by atoms with E-state index in [4.69, 9.17) is 0 Å². The molecule has 1 aromatic rings. The molecule has 2 aliphatic rings. The van der Waals surface area contributed by atoms with Crippen molar-refractivity contribution in [3.8, 4) is 0 Å². The molecule has 1 amide bonds. The number of aryl methyl sites for hydroxylation is 2. The van der Waals surface area contributed by atoms with E-state index in [9.17, 15) is 9.90 Å². The van der Waals surface area contributed by atoms with E-state index < -0.39 is 0 Å². The second-order valence-electron chi connectivity index (χ2n) is 6.50. The fourth-order valence-electron chi connectivity index (χ4n) is 3.36. The van der Waals surface area contributed by atoms with Crippen molar-refractivity contribution in [3.05, 3.63) is 10.6 Å². The highest BCUT2D eigenvalue weighted by atomic mass is 32.1. The quantitative estimate of drug-likeness (QED) is 0.890. The fraction of sp³-hybridized carbons (Fsp3) is 0.750. The van der Waals surface area contributed by atoms with Crippen molar-refractivity contribution in [1.82, 2.24) is 9.88 Å². The van der Waals surface area contributed by atoms with Crippen molar-refractivity contribution in [2.75, 3.05) is 25.0 Å². The second kappa shape index (κ2) is 7.06. The molecule has 3 rings (SSSR count). The maximum atomic E-state index is 12.2. The first-order valence-corrected chi connectivity index (χ1v) is 9.12. The predicted molar refractivity (Wildman–Crippen MR) is 88.2 cm³/mol. The van der Waals surface area contributed by atoms with Gasteiger partial charge in [-0.25, -0.2) is 4.98 Å². The molecule has 0 saturated carbocycles. The number of anilines is 1. The first-order valence-electron chi connectivity index (χ1n) is 8.30. The fourth-order valence-corrected chi connectivity index (χ4v) is 4.43. The second-order valence-corrected chi connectivity index (χ2v) is 7.58. The molecule has 0 spiro atoms. The molecule has 5 nitrogen and oxygen atoms in total. The van der Waals surface area contributed by atoms with Crippen molar-refractivity contribution in [2.24, 2.45) is 5.92 Å². The summed E-state index contributed by atoms with van der Waals surface area (Å²) in [4.78, 5) is 20.2. The number of nitrogens with one attached hydrogen (secondary N) is 1. The number of piperidine rings is 1. The van der Waals surface area contributed by atoms with E-state index in [0.29, 0.717) is 12.5 Å². The minimum Gasteiger partial charge on any atom is -0.393 e. The number of hydrogen-bond donors (Lipinski definition) is 2. The predicted octanol–water partition coefficient (Wildman–Crippen LogP) is 2.05. The normalized spacial score (nSPS) is 21.4. The summed E-state index contributed by atoms with van der Waals surface area (Å²) in [7, 11) is 0. The number of fused-ring (bicyclic) bond motifs is 1. The van der Waals surface area contributed by atoms with E-state index in [1.807, 2.05) is 6.92 Å². The van der Waals surface area contributed by atoms with Crippen LogP contribution in [0.25, 0.3) is 0 Å². The number of rotatable bonds is 4. The third kappa shape index (κ3) is 3.86. The lowest BCUT2D eigenvalue weighted by atomic mass is 9.92. The van der Waals surface area contributed by atoms with E-state index in [1.54, 1.807) is 11.3 Å². The molecule has 2 heterocycles. The van der Waals surface area contributed by atoms with Crippen molar-refractivity contribution >= 4 is 22.4 Å². The summed E-state index contributed by atoms with van der Waals surface area (Å²) in [5.74, 6) is 0.409. The van der Waals surface area contributed by atoms with Crippen LogP contribution in [0.4, 0.5) is 5.13 Å². The maximum absolute atomic E-state index is 12.2. The summed E-state index contributed by atoms with van der Waals surface area (Å²) in [5.41, 5.74) is 1.18. The molecule has 22 heavy (non-hydrogen) atoms. The summed E-state index contributed by atoms with van der Waals surface area (Å²) in [6, 6.07) is 0. The molecular weight excluding hydrogens is 298 g/mol.